The maximum atomic E-state index is 6.18. The van der Waals surface area contributed by atoms with Gasteiger partial charge in [0.05, 0.1) is 11.0 Å². The molecule has 0 spiro atoms. The van der Waals surface area contributed by atoms with Gasteiger partial charge in [-0.1, -0.05) is 133 Å². The summed E-state index contributed by atoms with van der Waals surface area (Å²) in [4.78, 5) is 14.9. The summed E-state index contributed by atoms with van der Waals surface area (Å²) in [6.07, 6.45) is 0. The molecule has 10 rings (SSSR count). The highest BCUT2D eigenvalue weighted by Crippen LogP contribution is 2.40. The molecule has 0 aliphatic carbocycles. The molecule has 0 aliphatic rings. The van der Waals surface area contributed by atoms with E-state index in [2.05, 4.69) is 102 Å². The van der Waals surface area contributed by atoms with E-state index in [9.17, 15) is 0 Å². The Labute approximate surface area is 287 Å². The molecular formula is C45H28N4O. The van der Waals surface area contributed by atoms with Crippen molar-refractivity contribution < 1.29 is 4.42 Å². The zero-order valence-electron chi connectivity index (χ0n) is 26.9. The highest BCUT2D eigenvalue weighted by Gasteiger charge is 2.19. The Hall–Kier alpha value is -6.85. The first-order chi connectivity index (χ1) is 24.8. The SMILES string of the molecule is c1ccc(-c2nc(-c3ccccc3)nc(-c3cccc(-n4c5ccccc5c5cccc(-c6ccc7oc8ccccc8c7c6)c54)c3)n2)cc1. The van der Waals surface area contributed by atoms with Crippen molar-refractivity contribution in [2.75, 3.05) is 0 Å². The highest BCUT2D eigenvalue weighted by atomic mass is 16.3. The average Bonchev–Trinajstić information content (AvgIpc) is 3.74. The van der Waals surface area contributed by atoms with Gasteiger partial charge in [0.2, 0.25) is 0 Å². The molecule has 0 bridgehead atoms. The summed E-state index contributed by atoms with van der Waals surface area (Å²) in [6, 6.07) is 58.7. The van der Waals surface area contributed by atoms with Crippen LogP contribution in [0.15, 0.2) is 174 Å². The van der Waals surface area contributed by atoms with Crippen LogP contribution in [-0.2, 0) is 0 Å². The third-order valence-corrected chi connectivity index (χ3v) is 9.44. The molecule has 10 aromatic rings. The van der Waals surface area contributed by atoms with Gasteiger partial charge in [0.1, 0.15) is 11.2 Å². The van der Waals surface area contributed by atoms with Crippen LogP contribution in [0, 0.1) is 0 Å². The predicted molar refractivity (Wildman–Crippen MR) is 203 cm³/mol. The van der Waals surface area contributed by atoms with Crippen molar-refractivity contribution in [3.05, 3.63) is 170 Å². The van der Waals surface area contributed by atoms with Crippen LogP contribution in [0.25, 0.3) is 94.7 Å². The number of furan rings is 1. The molecule has 3 heterocycles. The van der Waals surface area contributed by atoms with Crippen molar-refractivity contribution in [2.24, 2.45) is 0 Å². The second kappa shape index (κ2) is 11.4. The van der Waals surface area contributed by atoms with Crippen molar-refractivity contribution in [3.63, 3.8) is 0 Å². The molecule has 5 nitrogen and oxygen atoms in total. The Kier molecular flexibility index (Phi) is 6.42. The number of rotatable bonds is 5. The third-order valence-electron chi connectivity index (χ3n) is 9.44. The van der Waals surface area contributed by atoms with Crippen LogP contribution < -0.4 is 0 Å². The second-order valence-corrected chi connectivity index (χ2v) is 12.5. The van der Waals surface area contributed by atoms with Crippen LogP contribution in [0.2, 0.25) is 0 Å². The molecule has 234 valence electrons. The first-order valence-corrected chi connectivity index (χ1v) is 16.7. The Morgan fingerprint density at radius 1 is 0.380 bits per heavy atom. The van der Waals surface area contributed by atoms with E-state index in [-0.39, 0.29) is 0 Å². The van der Waals surface area contributed by atoms with Crippen LogP contribution in [0.5, 0.6) is 0 Å². The largest absolute Gasteiger partial charge is 0.456 e. The molecule has 0 amide bonds. The molecule has 0 radical (unpaired) electrons. The highest BCUT2D eigenvalue weighted by molar-refractivity contribution is 6.15. The fourth-order valence-corrected chi connectivity index (χ4v) is 7.14. The summed E-state index contributed by atoms with van der Waals surface area (Å²) >= 11 is 0. The topological polar surface area (TPSA) is 56.7 Å². The quantitative estimate of drug-likeness (QED) is 0.188. The minimum atomic E-state index is 0.623. The van der Waals surface area contributed by atoms with Crippen LogP contribution in [0.3, 0.4) is 0 Å². The molecule has 3 aromatic heterocycles. The van der Waals surface area contributed by atoms with Gasteiger partial charge in [0, 0.05) is 49.5 Å². The number of para-hydroxylation sites is 3. The molecule has 50 heavy (non-hydrogen) atoms. The minimum absolute atomic E-state index is 0.623. The van der Waals surface area contributed by atoms with E-state index >= 15 is 0 Å². The molecule has 0 atom stereocenters. The van der Waals surface area contributed by atoms with Crippen molar-refractivity contribution in [1.82, 2.24) is 19.5 Å². The molecule has 5 heteroatoms. The molecular weight excluding hydrogens is 613 g/mol. The molecule has 0 saturated carbocycles. The summed E-state index contributed by atoms with van der Waals surface area (Å²) in [5, 5.41) is 4.62. The third kappa shape index (κ3) is 4.60. The average molecular weight is 641 g/mol. The lowest BCUT2D eigenvalue weighted by molar-refractivity contribution is 0.669. The van der Waals surface area contributed by atoms with Crippen LogP contribution in [0.4, 0.5) is 0 Å². The van der Waals surface area contributed by atoms with Gasteiger partial charge in [-0.2, -0.15) is 0 Å². The van der Waals surface area contributed by atoms with E-state index in [4.69, 9.17) is 19.4 Å². The number of hydrogen-bond donors (Lipinski definition) is 0. The maximum Gasteiger partial charge on any atom is 0.164 e. The van der Waals surface area contributed by atoms with Gasteiger partial charge in [0.25, 0.3) is 0 Å². The number of benzene rings is 7. The summed E-state index contributed by atoms with van der Waals surface area (Å²) in [6.45, 7) is 0. The monoisotopic (exact) mass is 640 g/mol. The van der Waals surface area contributed by atoms with Gasteiger partial charge < -0.3 is 8.98 Å². The lowest BCUT2D eigenvalue weighted by Crippen LogP contribution is -2.01. The van der Waals surface area contributed by atoms with Gasteiger partial charge in [-0.05, 0) is 42.0 Å². The van der Waals surface area contributed by atoms with Gasteiger partial charge in [-0.25, -0.2) is 15.0 Å². The molecule has 0 aliphatic heterocycles. The first kappa shape index (κ1) is 28.2. The lowest BCUT2D eigenvalue weighted by Gasteiger charge is -2.13. The number of aromatic nitrogens is 4. The van der Waals surface area contributed by atoms with Crippen molar-refractivity contribution in [2.45, 2.75) is 0 Å². The Morgan fingerprint density at radius 3 is 1.72 bits per heavy atom. The predicted octanol–water partition coefficient (Wildman–Crippen LogP) is 11.5. The summed E-state index contributed by atoms with van der Waals surface area (Å²) in [5.41, 5.74) is 10.2. The van der Waals surface area contributed by atoms with Gasteiger partial charge in [-0.15, -0.1) is 0 Å². The fourth-order valence-electron chi connectivity index (χ4n) is 7.14. The van der Waals surface area contributed by atoms with Gasteiger partial charge >= 0.3 is 0 Å². The molecule has 0 fully saturated rings. The van der Waals surface area contributed by atoms with E-state index in [1.807, 2.05) is 72.8 Å². The summed E-state index contributed by atoms with van der Waals surface area (Å²) in [7, 11) is 0. The number of nitrogens with zero attached hydrogens (tertiary/aromatic N) is 4. The molecule has 0 saturated heterocycles. The van der Waals surface area contributed by atoms with Crippen LogP contribution in [-0.4, -0.2) is 19.5 Å². The Balaban J connectivity index is 1.19. The minimum Gasteiger partial charge on any atom is -0.456 e. The first-order valence-electron chi connectivity index (χ1n) is 16.7. The standard InChI is InChI=1S/C45H28N4O/c1-3-13-29(14-4-1)43-46-44(30-15-5-2-6-16-30)48-45(47-43)32-17-11-18-33(27-32)49-39-23-9-7-19-35(39)37-22-12-21-34(42(37)49)31-25-26-41-38(28-31)36-20-8-10-24-40(36)50-41/h1-28H. The van der Waals surface area contributed by atoms with E-state index in [1.165, 1.54) is 10.8 Å². The van der Waals surface area contributed by atoms with Crippen molar-refractivity contribution in [1.29, 1.82) is 0 Å². The van der Waals surface area contributed by atoms with Gasteiger partial charge in [0.15, 0.2) is 17.5 Å². The number of hydrogen-bond acceptors (Lipinski definition) is 4. The van der Waals surface area contributed by atoms with E-state index in [1.54, 1.807) is 0 Å². The maximum absolute atomic E-state index is 6.18. The van der Waals surface area contributed by atoms with Crippen molar-refractivity contribution >= 4 is 43.7 Å². The van der Waals surface area contributed by atoms with E-state index < -0.39 is 0 Å². The smallest absolute Gasteiger partial charge is 0.164 e. The summed E-state index contributed by atoms with van der Waals surface area (Å²) in [5.74, 6) is 1.90. The molecule has 0 unspecified atom stereocenters. The molecule has 7 aromatic carbocycles. The van der Waals surface area contributed by atoms with E-state index in [0.29, 0.717) is 17.5 Å². The molecule has 0 N–H and O–H groups in total. The zero-order chi connectivity index (χ0) is 33.0. The Bertz CT molecular complexity index is 2810. The van der Waals surface area contributed by atoms with Crippen molar-refractivity contribution in [3.8, 4) is 51.0 Å². The zero-order valence-corrected chi connectivity index (χ0v) is 26.9. The Morgan fingerprint density at radius 2 is 0.960 bits per heavy atom. The van der Waals surface area contributed by atoms with Gasteiger partial charge in [-0.3, -0.25) is 0 Å². The number of fused-ring (bicyclic) bond motifs is 6. The van der Waals surface area contributed by atoms with Crippen LogP contribution in [0.1, 0.15) is 0 Å². The second-order valence-electron chi connectivity index (χ2n) is 12.5. The summed E-state index contributed by atoms with van der Waals surface area (Å²) < 4.78 is 8.55. The van der Waals surface area contributed by atoms with Crippen LogP contribution >= 0.6 is 0 Å². The van der Waals surface area contributed by atoms with E-state index in [0.717, 1.165) is 66.5 Å². The normalized spacial score (nSPS) is 11.6. The lowest BCUT2D eigenvalue weighted by atomic mass is 10.00. The fraction of sp³-hybridized carbons (Fsp3) is 0.